The number of methoxy groups -OCH3 is 1. The fraction of sp³-hybridized carbons (Fsp3) is 0.207. The standard InChI is InChI=1S/C29H28ClN5O4/c1-18(37)21-9-8-20(30)15-23(21)22(12-13-36)26(39-2)16-31-25(14-19-6-4-3-5-7-19)29(38)35-27-11-10-24-28(34-27)33-17-32-24/h3-6,8-13,15-17,19,25,31H,7,14H2,1-2H3,(H2,32,33,34,35,38)/b22-12-,26-16+. The zero-order valence-corrected chi connectivity index (χ0v) is 22.2. The Balaban J connectivity index is 1.63. The number of H-pyrrole nitrogens is 1. The number of ketones is 1. The van der Waals surface area contributed by atoms with Crippen molar-refractivity contribution in [3.8, 4) is 0 Å². The van der Waals surface area contributed by atoms with Crippen molar-refractivity contribution in [1.29, 1.82) is 0 Å². The number of halogens is 1. The summed E-state index contributed by atoms with van der Waals surface area (Å²) in [6.45, 7) is 1.43. The number of amides is 1. The summed E-state index contributed by atoms with van der Waals surface area (Å²) in [5, 5.41) is 6.42. The van der Waals surface area contributed by atoms with Gasteiger partial charge in [-0.25, -0.2) is 9.97 Å². The Hall–Kier alpha value is -4.50. The molecule has 0 saturated heterocycles. The van der Waals surface area contributed by atoms with Crippen molar-refractivity contribution in [3.05, 3.63) is 95.1 Å². The van der Waals surface area contributed by atoms with Crippen molar-refractivity contribution in [2.24, 2.45) is 5.92 Å². The highest BCUT2D eigenvalue weighted by Gasteiger charge is 2.23. The maximum Gasteiger partial charge on any atom is 0.248 e. The number of benzene rings is 1. The van der Waals surface area contributed by atoms with E-state index < -0.39 is 6.04 Å². The van der Waals surface area contributed by atoms with Crippen molar-refractivity contribution in [2.75, 3.05) is 12.4 Å². The van der Waals surface area contributed by atoms with Crippen LogP contribution < -0.4 is 10.6 Å². The second kappa shape index (κ2) is 12.8. The Kier molecular flexibility index (Phi) is 9.06. The number of Topliss-reactive ketones (excluding diaryl/α,β-unsaturated/α-hetero) is 1. The fourth-order valence-corrected chi connectivity index (χ4v) is 4.48. The molecule has 10 heteroatoms. The third-order valence-electron chi connectivity index (χ3n) is 6.24. The molecule has 4 rings (SSSR count). The number of fused-ring (bicyclic) bond motifs is 1. The molecule has 9 nitrogen and oxygen atoms in total. The zero-order valence-electron chi connectivity index (χ0n) is 21.5. The quantitative estimate of drug-likeness (QED) is 0.102. The van der Waals surface area contributed by atoms with E-state index in [1.54, 1.807) is 30.3 Å². The predicted molar refractivity (Wildman–Crippen MR) is 151 cm³/mol. The van der Waals surface area contributed by atoms with E-state index in [-0.39, 0.29) is 23.4 Å². The monoisotopic (exact) mass is 545 g/mol. The third-order valence-corrected chi connectivity index (χ3v) is 6.48. The van der Waals surface area contributed by atoms with Crippen LogP contribution in [0, 0.1) is 5.92 Å². The van der Waals surface area contributed by atoms with Gasteiger partial charge in [-0.2, -0.15) is 0 Å². The number of hydrogen-bond donors (Lipinski definition) is 3. The fourth-order valence-electron chi connectivity index (χ4n) is 4.31. The first-order valence-corrected chi connectivity index (χ1v) is 12.7. The first-order chi connectivity index (χ1) is 18.9. The SMILES string of the molecule is COC(=C/NC(CC1C=CC=CC1)C(=O)Nc1ccc2[nH]cnc2n1)/C(=C\C=O)c1cc(Cl)ccc1C(C)=O. The Bertz CT molecular complexity index is 1500. The minimum absolute atomic E-state index is 0.127. The number of anilines is 1. The minimum atomic E-state index is -0.683. The Morgan fingerprint density at radius 1 is 1.23 bits per heavy atom. The van der Waals surface area contributed by atoms with Gasteiger partial charge in [0.1, 0.15) is 23.9 Å². The first-order valence-electron chi connectivity index (χ1n) is 12.3. The first kappa shape index (κ1) is 27.5. The number of pyridine rings is 1. The summed E-state index contributed by atoms with van der Waals surface area (Å²) >= 11 is 6.22. The number of aldehydes is 1. The summed E-state index contributed by atoms with van der Waals surface area (Å²) in [4.78, 5) is 48.8. The lowest BCUT2D eigenvalue weighted by molar-refractivity contribution is -0.118. The molecule has 1 aromatic carbocycles. The number of carbonyl (C=O) groups excluding carboxylic acids is 3. The van der Waals surface area contributed by atoms with Crippen LogP contribution in [-0.4, -0.2) is 46.1 Å². The van der Waals surface area contributed by atoms with Crippen molar-refractivity contribution in [3.63, 3.8) is 0 Å². The van der Waals surface area contributed by atoms with E-state index >= 15 is 0 Å². The number of aromatic amines is 1. The smallest absolute Gasteiger partial charge is 0.248 e. The number of allylic oxidation sites excluding steroid dienone is 6. The average molecular weight is 546 g/mol. The van der Waals surface area contributed by atoms with Gasteiger partial charge in [0.15, 0.2) is 11.4 Å². The van der Waals surface area contributed by atoms with Gasteiger partial charge in [0.05, 0.1) is 19.0 Å². The maximum absolute atomic E-state index is 13.4. The van der Waals surface area contributed by atoms with E-state index in [1.165, 1.54) is 32.6 Å². The van der Waals surface area contributed by atoms with Crippen LogP contribution in [-0.2, 0) is 14.3 Å². The molecule has 0 radical (unpaired) electrons. The van der Waals surface area contributed by atoms with Crippen LogP contribution in [0.1, 0.15) is 35.7 Å². The van der Waals surface area contributed by atoms with Gasteiger partial charge in [-0.3, -0.25) is 14.4 Å². The molecule has 1 aliphatic rings. The van der Waals surface area contributed by atoms with Gasteiger partial charge in [-0.15, -0.1) is 0 Å². The van der Waals surface area contributed by atoms with Gasteiger partial charge >= 0.3 is 0 Å². The molecule has 3 aromatic rings. The Morgan fingerprint density at radius 3 is 2.79 bits per heavy atom. The highest BCUT2D eigenvalue weighted by Crippen LogP contribution is 2.29. The number of nitrogens with one attached hydrogen (secondary N) is 3. The molecule has 2 aromatic heterocycles. The molecule has 0 bridgehead atoms. The molecule has 0 saturated carbocycles. The third kappa shape index (κ3) is 6.88. The normalized spacial score (nSPS) is 16.1. The Morgan fingerprint density at radius 2 is 2.08 bits per heavy atom. The molecule has 39 heavy (non-hydrogen) atoms. The van der Waals surface area contributed by atoms with Crippen molar-refractivity contribution in [2.45, 2.75) is 25.8 Å². The summed E-state index contributed by atoms with van der Waals surface area (Å²) in [7, 11) is 1.44. The van der Waals surface area contributed by atoms with Crippen LogP contribution in [0.5, 0.6) is 0 Å². The lowest BCUT2D eigenvalue weighted by Crippen LogP contribution is -2.39. The van der Waals surface area contributed by atoms with Gasteiger partial charge in [0, 0.05) is 22.4 Å². The van der Waals surface area contributed by atoms with Crippen molar-refractivity contribution >= 4 is 52.1 Å². The van der Waals surface area contributed by atoms with Gasteiger partial charge < -0.3 is 20.4 Å². The van der Waals surface area contributed by atoms with E-state index in [1.807, 2.05) is 12.2 Å². The molecular formula is C29H28ClN5O4. The number of imidazole rings is 1. The van der Waals surface area contributed by atoms with Crippen LogP contribution in [0.3, 0.4) is 0 Å². The summed E-state index contributed by atoms with van der Waals surface area (Å²) in [6.07, 6.45) is 14.3. The van der Waals surface area contributed by atoms with Gasteiger partial charge in [0.2, 0.25) is 5.91 Å². The van der Waals surface area contributed by atoms with E-state index in [0.29, 0.717) is 45.9 Å². The number of rotatable bonds is 11. The second-order valence-corrected chi connectivity index (χ2v) is 9.33. The number of aromatic nitrogens is 3. The summed E-state index contributed by atoms with van der Waals surface area (Å²) < 4.78 is 5.61. The molecule has 0 aliphatic heterocycles. The van der Waals surface area contributed by atoms with Crippen LogP contribution in [0.15, 0.2) is 79.0 Å². The van der Waals surface area contributed by atoms with Crippen LogP contribution in [0.4, 0.5) is 5.82 Å². The molecule has 1 aliphatic carbocycles. The number of nitrogens with zero attached hydrogens (tertiary/aromatic N) is 2. The average Bonchev–Trinajstić information content (AvgIpc) is 3.40. The van der Waals surface area contributed by atoms with Crippen molar-refractivity contribution in [1.82, 2.24) is 20.3 Å². The van der Waals surface area contributed by atoms with Crippen LogP contribution >= 0.6 is 11.6 Å². The van der Waals surface area contributed by atoms with E-state index in [2.05, 4.69) is 37.7 Å². The van der Waals surface area contributed by atoms with Gasteiger partial charge in [0.25, 0.3) is 0 Å². The van der Waals surface area contributed by atoms with E-state index in [9.17, 15) is 14.4 Å². The molecule has 2 atom stereocenters. The molecule has 0 fully saturated rings. The molecule has 1 amide bonds. The molecule has 0 spiro atoms. The van der Waals surface area contributed by atoms with Crippen LogP contribution in [0.25, 0.3) is 16.7 Å². The summed E-state index contributed by atoms with van der Waals surface area (Å²) in [5.74, 6) is 0.243. The minimum Gasteiger partial charge on any atom is -0.495 e. The van der Waals surface area contributed by atoms with E-state index in [0.717, 1.165) is 11.9 Å². The maximum atomic E-state index is 13.4. The number of carbonyl (C=O) groups is 3. The van der Waals surface area contributed by atoms with Gasteiger partial charge in [-0.05, 0) is 67.7 Å². The van der Waals surface area contributed by atoms with Crippen molar-refractivity contribution < 1.29 is 19.1 Å². The molecular weight excluding hydrogens is 518 g/mol. The highest BCUT2D eigenvalue weighted by molar-refractivity contribution is 6.31. The molecule has 2 unspecified atom stereocenters. The summed E-state index contributed by atoms with van der Waals surface area (Å²) in [6, 6.07) is 7.61. The zero-order chi connectivity index (χ0) is 27.8. The summed E-state index contributed by atoms with van der Waals surface area (Å²) in [5.41, 5.74) is 2.41. The van der Waals surface area contributed by atoms with E-state index in [4.69, 9.17) is 16.3 Å². The lowest BCUT2D eigenvalue weighted by Gasteiger charge is -2.23. The Labute approximate surface area is 230 Å². The second-order valence-electron chi connectivity index (χ2n) is 8.90. The molecule has 200 valence electrons. The molecule has 2 heterocycles. The van der Waals surface area contributed by atoms with Gasteiger partial charge in [-0.1, -0.05) is 35.9 Å². The lowest BCUT2D eigenvalue weighted by atomic mass is 9.93. The predicted octanol–water partition coefficient (Wildman–Crippen LogP) is 5.00. The topological polar surface area (TPSA) is 126 Å². The van der Waals surface area contributed by atoms with Crippen LogP contribution in [0.2, 0.25) is 5.02 Å². The molecule has 3 N–H and O–H groups in total. The largest absolute Gasteiger partial charge is 0.495 e. The highest BCUT2D eigenvalue weighted by atomic mass is 35.5. The number of hydrogen-bond acceptors (Lipinski definition) is 7. The number of ether oxygens (including phenoxy) is 1.